The summed E-state index contributed by atoms with van der Waals surface area (Å²) in [4.78, 5) is 16.6. The highest BCUT2D eigenvalue weighted by Gasteiger charge is 2.34. The number of rotatable bonds is 3. The molecule has 1 unspecified atom stereocenters. The SMILES string of the molecule is c1cc2c(c(C3CCCN3c3nc(-c4ccncc4)nc4c3CCC4)c1)OCCO2. The average Bonchev–Trinajstić information content (AvgIpc) is 3.48. The zero-order chi connectivity index (χ0) is 19.9. The van der Waals surface area contributed by atoms with Crippen LogP contribution < -0.4 is 14.4 Å². The summed E-state index contributed by atoms with van der Waals surface area (Å²) in [6, 6.07) is 10.5. The van der Waals surface area contributed by atoms with Gasteiger partial charge in [0, 0.05) is 41.3 Å². The number of pyridine rings is 1. The van der Waals surface area contributed by atoms with E-state index in [-0.39, 0.29) is 6.04 Å². The standard InChI is InChI=1S/C24H24N4O2/c1-4-17-19(6-1)26-23(16-9-11-25-12-10-16)27-24(17)28-13-3-7-20(28)18-5-2-8-21-22(18)30-15-14-29-21/h2,5,8-12,20H,1,3-4,6-7,13-15H2. The van der Waals surface area contributed by atoms with Crippen molar-refractivity contribution in [3.05, 3.63) is 59.5 Å². The molecule has 1 fully saturated rings. The van der Waals surface area contributed by atoms with Crippen molar-refractivity contribution < 1.29 is 9.47 Å². The summed E-state index contributed by atoms with van der Waals surface area (Å²) < 4.78 is 11.9. The molecule has 1 saturated heterocycles. The first-order chi connectivity index (χ1) is 14.9. The van der Waals surface area contributed by atoms with E-state index in [1.165, 1.54) is 16.8 Å². The van der Waals surface area contributed by atoms with Gasteiger partial charge in [-0.05, 0) is 50.3 Å². The van der Waals surface area contributed by atoms with E-state index in [1.54, 1.807) is 12.4 Å². The Morgan fingerprint density at radius 2 is 1.83 bits per heavy atom. The second-order valence-corrected chi connectivity index (χ2v) is 8.11. The zero-order valence-corrected chi connectivity index (χ0v) is 16.9. The predicted octanol–water partition coefficient (Wildman–Crippen LogP) is 4.14. The molecule has 0 N–H and O–H groups in total. The lowest BCUT2D eigenvalue weighted by atomic mass is 10.0. The van der Waals surface area contributed by atoms with Crippen LogP contribution in [0.25, 0.3) is 11.4 Å². The summed E-state index contributed by atoms with van der Waals surface area (Å²) in [6.45, 7) is 2.21. The molecule has 0 amide bonds. The number of aryl methyl sites for hydroxylation is 1. The molecule has 30 heavy (non-hydrogen) atoms. The van der Waals surface area contributed by atoms with Gasteiger partial charge in [0.1, 0.15) is 19.0 Å². The zero-order valence-electron chi connectivity index (χ0n) is 16.9. The summed E-state index contributed by atoms with van der Waals surface area (Å²) in [5, 5.41) is 0. The Morgan fingerprint density at radius 1 is 0.933 bits per heavy atom. The van der Waals surface area contributed by atoms with E-state index in [4.69, 9.17) is 19.4 Å². The summed E-state index contributed by atoms with van der Waals surface area (Å²) in [5.41, 5.74) is 4.75. The summed E-state index contributed by atoms with van der Waals surface area (Å²) in [6.07, 6.45) is 9.06. The molecule has 0 saturated carbocycles. The molecule has 6 nitrogen and oxygen atoms in total. The lowest BCUT2D eigenvalue weighted by molar-refractivity contribution is 0.169. The van der Waals surface area contributed by atoms with Gasteiger partial charge in [-0.1, -0.05) is 12.1 Å². The van der Waals surface area contributed by atoms with Gasteiger partial charge in [-0.15, -0.1) is 0 Å². The van der Waals surface area contributed by atoms with Gasteiger partial charge in [0.2, 0.25) is 0 Å². The third kappa shape index (κ3) is 2.90. The van der Waals surface area contributed by atoms with E-state index < -0.39 is 0 Å². The first-order valence-corrected chi connectivity index (χ1v) is 10.8. The molecular weight excluding hydrogens is 376 g/mol. The third-order valence-corrected chi connectivity index (χ3v) is 6.33. The van der Waals surface area contributed by atoms with Gasteiger partial charge >= 0.3 is 0 Å². The Balaban J connectivity index is 1.45. The number of para-hydroxylation sites is 1. The van der Waals surface area contributed by atoms with Gasteiger partial charge in [0.25, 0.3) is 0 Å². The summed E-state index contributed by atoms with van der Waals surface area (Å²) in [7, 11) is 0. The number of anilines is 1. The van der Waals surface area contributed by atoms with Crippen molar-refractivity contribution in [3.8, 4) is 22.9 Å². The monoisotopic (exact) mass is 400 g/mol. The molecule has 1 aliphatic carbocycles. The number of hydrogen-bond acceptors (Lipinski definition) is 6. The molecule has 152 valence electrons. The van der Waals surface area contributed by atoms with Crippen LogP contribution in [0.3, 0.4) is 0 Å². The minimum absolute atomic E-state index is 0.242. The quantitative estimate of drug-likeness (QED) is 0.659. The Morgan fingerprint density at radius 3 is 2.77 bits per heavy atom. The van der Waals surface area contributed by atoms with Crippen molar-refractivity contribution in [3.63, 3.8) is 0 Å². The van der Waals surface area contributed by atoms with Crippen molar-refractivity contribution in [2.45, 2.75) is 38.1 Å². The molecule has 0 spiro atoms. The number of benzene rings is 1. The Kier molecular flexibility index (Phi) is 4.29. The fourth-order valence-corrected chi connectivity index (χ4v) is 4.98. The minimum atomic E-state index is 0.242. The maximum Gasteiger partial charge on any atom is 0.166 e. The lowest BCUT2D eigenvalue weighted by Crippen LogP contribution is -2.27. The van der Waals surface area contributed by atoms with E-state index >= 15 is 0 Å². The van der Waals surface area contributed by atoms with Gasteiger partial charge in [-0.2, -0.15) is 0 Å². The van der Waals surface area contributed by atoms with Crippen molar-refractivity contribution >= 4 is 5.82 Å². The van der Waals surface area contributed by atoms with Crippen LogP contribution in [0.4, 0.5) is 5.82 Å². The van der Waals surface area contributed by atoms with E-state index in [0.717, 1.165) is 67.4 Å². The highest BCUT2D eigenvalue weighted by atomic mass is 16.6. The number of ether oxygens (including phenoxy) is 2. The van der Waals surface area contributed by atoms with Crippen LogP contribution >= 0.6 is 0 Å². The molecule has 6 heteroatoms. The molecule has 0 radical (unpaired) electrons. The molecule has 6 rings (SSSR count). The fraction of sp³-hybridized carbons (Fsp3) is 0.375. The van der Waals surface area contributed by atoms with Gasteiger partial charge in [-0.3, -0.25) is 4.98 Å². The van der Waals surface area contributed by atoms with E-state index in [0.29, 0.717) is 13.2 Å². The van der Waals surface area contributed by atoms with Crippen LogP contribution in [0, 0.1) is 0 Å². The molecule has 3 aliphatic rings. The fourth-order valence-electron chi connectivity index (χ4n) is 4.98. The van der Waals surface area contributed by atoms with Crippen molar-refractivity contribution in [1.29, 1.82) is 0 Å². The second-order valence-electron chi connectivity index (χ2n) is 8.11. The molecule has 3 aromatic rings. The minimum Gasteiger partial charge on any atom is -0.486 e. The van der Waals surface area contributed by atoms with Crippen LogP contribution in [-0.2, 0) is 12.8 Å². The summed E-state index contributed by atoms with van der Waals surface area (Å²) >= 11 is 0. The maximum absolute atomic E-state index is 6.05. The van der Waals surface area contributed by atoms with Crippen LogP contribution in [0.15, 0.2) is 42.7 Å². The normalized spacial score (nSPS) is 19.7. The molecule has 1 atom stereocenters. The topological polar surface area (TPSA) is 60.4 Å². The molecule has 4 heterocycles. The van der Waals surface area contributed by atoms with E-state index in [1.807, 2.05) is 18.2 Å². The highest BCUT2D eigenvalue weighted by Crippen LogP contribution is 2.45. The van der Waals surface area contributed by atoms with Gasteiger partial charge < -0.3 is 14.4 Å². The van der Waals surface area contributed by atoms with E-state index in [9.17, 15) is 0 Å². The summed E-state index contributed by atoms with van der Waals surface area (Å²) in [5.74, 6) is 3.66. The highest BCUT2D eigenvalue weighted by molar-refractivity contribution is 5.63. The maximum atomic E-state index is 6.05. The number of fused-ring (bicyclic) bond motifs is 2. The lowest BCUT2D eigenvalue weighted by Gasteiger charge is -2.31. The molecule has 2 aromatic heterocycles. The number of aromatic nitrogens is 3. The number of nitrogens with zero attached hydrogens (tertiary/aromatic N) is 4. The van der Waals surface area contributed by atoms with Gasteiger partial charge in [-0.25, -0.2) is 9.97 Å². The first-order valence-electron chi connectivity index (χ1n) is 10.8. The largest absolute Gasteiger partial charge is 0.486 e. The Labute approximate surface area is 175 Å². The van der Waals surface area contributed by atoms with Gasteiger partial charge in [0.05, 0.1) is 6.04 Å². The van der Waals surface area contributed by atoms with Crippen LogP contribution in [0.2, 0.25) is 0 Å². The molecular formula is C24H24N4O2. The van der Waals surface area contributed by atoms with Crippen molar-refractivity contribution in [2.24, 2.45) is 0 Å². The number of hydrogen-bond donors (Lipinski definition) is 0. The average molecular weight is 400 g/mol. The first kappa shape index (κ1) is 17.7. The Bertz CT molecular complexity index is 1090. The predicted molar refractivity (Wildman–Crippen MR) is 114 cm³/mol. The second kappa shape index (κ2) is 7.27. The molecule has 0 bridgehead atoms. The molecule has 2 aliphatic heterocycles. The molecule has 1 aromatic carbocycles. The Hall–Kier alpha value is -3.15. The van der Waals surface area contributed by atoms with Crippen molar-refractivity contribution in [2.75, 3.05) is 24.7 Å². The smallest absolute Gasteiger partial charge is 0.166 e. The third-order valence-electron chi connectivity index (χ3n) is 6.33. The van der Waals surface area contributed by atoms with Crippen LogP contribution in [-0.4, -0.2) is 34.7 Å². The van der Waals surface area contributed by atoms with E-state index in [2.05, 4.69) is 22.0 Å². The van der Waals surface area contributed by atoms with Crippen molar-refractivity contribution in [1.82, 2.24) is 15.0 Å². The van der Waals surface area contributed by atoms with Crippen LogP contribution in [0.5, 0.6) is 11.5 Å². The van der Waals surface area contributed by atoms with Gasteiger partial charge in [0.15, 0.2) is 17.3 Å². The van der Waals surface area contributed by atoms with Crippen LogP contribution in [0.1, 0.15) is 42.1 Å².